The number of nitrogens with one attached hydrogen (secondary N) is 2. The van der Waals surface area contributed by atoms with E-state index in [4.69, 9.17) is 11.6 Å². The Hall–Kier alpha value is -0.850. The first kappa shape index (κ1) is 17.2. The van der Waals surface area contributed by atoms with Crippen molar-refractivity contribution < 1.29 is 12.8 Å². The minimum atomic E-state index is -3.44. The van der Waals surface area contributed by atoms with Gasteiger partial charge in [0.15, 0.2) is 0 Å². The smallest absolute Gasteiger partial charge is 0.232 e. The SMILES string of the molecule is CCCNCCCCS(=O)(=O)Nc1ccc(Cl)c(F)c1. The van der Waals surface area contributed by atoms with E-state index in [1.54, 1.807) is 0 Å². The standard InChI is InChI=1S/C13H20ClFN2O2S/c1-2-7-16-8-3-4-9-20(18,19)17-11-5-6-12(14)13(15)10-11/h5-6,10,16-17H,2-4,7-9H2,1H3. The Morgan fingerprint density at radius 1 is 1.25 bits per heavy atom. The third-order valence-electron chi connectivity index (χ3n) is 2.64. The first-order chi connectivity index (χ1) is 9.44. The lowest BCUT2D eigenvalue weighted by Crippen LogP contribution is -2.20. The molecular formula is C13H20ClFN2O2S. The summed E-state index contributed by atoms with van der Waals surface area (Å²) in [6.07, 6.45) is 2.40. The van der Waals surface area contributed by atoms with Crippen molar-refractivity contribution >= 4 is 27.3 Å². The molecule has 0 aliphatic rings. The summed E-state index contributed by atoms with van der Waals surface area (Å²) in [6.45, 7) is 3.82. The molecule has 0 fully saturated rings. The minimum Gasteiger partial charge on any atom is -0.317 e. The maximum atomic E-state index is 13.2. The minimum absolute atomic E-state index is 0.0189. The van der Waals surface area contributed by atoms with Crippen LogP contribution in [0.4, 0.5) is 10.1 Å². The number of anilines is 1. The molecule has 0 radical (unpaired) electrons. The summed E-state index contributed by atoms with van der Waals surface area (Å²) >= 11 is 5.54. The molecule has 0 spiro atoms. The van der Waals surface area contributed by atoms with Crippen molar-refractivity contribution in [1.82, 2.24) is 5.32 Å². The van der Waals surface area contributed by atoms with Crippen molar-refractivity contribution in [2.24, 2.45) is 0 Å². The summed E-state index contributed by atoms with van der Waals surface area (Å²) in [6, 6.07) is 3.83. The van der Waals surface area contributed by atoms with Crippen molar-refractivity contribution in [1.29, 1.82) is 0 Å². The summed E-state index contributed by atoms with van der Waals surface area (Å²) in [5, 5.41) is 3.17. The molecule has 0 aliphatic carbocycles. The topological polar surface area (TPSA) is 58.2 Å². The van der Waals surface area contributed by atoms with E-state index in [1.165, 1.54) is 12.1 Å². The fraction of sp³-hybridized carbons (Fsp3) is 0.538. The average Bonchev–Trinajstić information content (AvgIpc) is 2.38. The van der Waals surface area contributed by atoms with Crippen LogP contribution in [-0.2, 0) is 10.0 Å². The first-order valence-corrected chi connectivity index (χ1v) is 8.64. The number of hydrogen-bond donors (Lipinski definition) is 2. The van der Waals surface area contributed by atoms with E-state index in [0.29, 0.717) is 6.42 Å². The molecule has 2 N–H and O–H groups in total. The summed E-state index contributed by atoms with van der Waals surface area (Å²) in [7, 11) is -3.44. The maximum absolute atomic E-state index is 13.2. The fourth-order valence-corrected chi connectivity index (χ4v) is 2.92. The molecule has 1 rings (SSSR count). The molecule has 0 saturated heterocycles. The Bertz CT molecular complexity index is 523. The molecule has 0 amide bonds. The van der Waals surface area contributed by atoms with Gasteiger partial charge in [-0.3, -0.25) is 4.72 Å². The van der Waals surface area contributed by atoms with Crippen LogP contribution in [0.15, 0.2) is 18.2 Å². The molecule has 20 heavy (non-hydrogen) atoms. The van der Waals surface area contributed by atoms with Crippen LogP contribution >= 0.6 is 11.6 Å². The predicted octanol–water partition coefficient (Wildman–Crippen LogP) is 3.00. The second kappa shape index (κ2) is 8.44. The summed E-state index contributed by atoms with van der Waals surface area (Å²) < 4.78 is 39.1. The largest absolute Gasteiger partial charge is 0.317 e. The Morgan fingerprint density at radius 2 is 2.00 bits per heavy atom. The van der Waals surface area contributed by atoms with Gasteiger partial charge >= 0.3 is 0 Å². The summed E-state index contributed by atoms with van der Waals surface area (Å²) in [5.41, 5.74) is 0.191. The predicted molar refractivity (Wildman–Crippen MR) is 81.2 cm³/mol. The molecule has 1 aromatic rings. The molecule has 0 heterocycles. The highest BCUT2D eigenvalue weighted by Gasteiger charge is 2.11. The van der Waals surface area contributed by atoms with Gasteiger partial charge in [-0.05, 0) is 50.6 Å². The molecule has 0 aliphatic heterocycles. The number of sulfonamides is 1. The number of halogens is 2. The fourth-order valence-electron chi connectivity index (χ4n) is 1.63. The molecule has 0 bridgehead atoms. The maximum Gasteiger partial charge on any atom is 0.232 e. The van der Waals surface area contributed by atoms with Crippen molar-refractivity contribution in [2.75, 3.05) is 23.6 Å². The lowest BCUT2D eigenvalue weighted by atomic mass is 10.3. The second-order valence-corrected chi connectivity index (χ2v) is 6.76. The zero-order valence-electron chi connectivity index (χ0n) is 11.5. The summed E-state index contributed by atoms with van der Waals surface area (Å²) in [5.74, 6) is -0.624. The van der Waals surface area contributed by atoms with Gasteiger partial charge in [-0.2, -0.15) is 0 Å². The number of rotatable bonds is 9. The van der Waals surface area contributed by atoms with E-state index in [1.807, 2.05) is 0 Å². The van der Waals surface area contributed by atoms with Crippen molar-refractivity contribution in [3.8, 4) is 0 Å². The van der Waals surface area contributed by atoms with E-state index in [0.717, 1.165) is 32.0 Å². The normalized spacial score (nSPS) is 11.6. The summed E-state index contributed by atoms with van der Waals surface area (Å²) in [4.78, 5) is 0. The van der Waals surface area contributed by atoms with E-state index in [9.17, 15) is 12.8 Å². The lowest BCUT2D eigenvalue weighted by Gasteiger charge is -2.08. The lowest BCUT2D eigenvalue weighted by molar-refractivity contribution is 0.590. The van der Waals surface area contributed by atoms with Gasteiger partial charge in [-0.25, -0.2) is 12.8 Å². The van der Waals surface area contributed by atoms with Crippen molar-refractivity contribution in [3.05, 3.63) is 29.0 Å². The highest BCUT2D eigenvalue weighted by atomic mass is 35.5. The Balaban J connectivity index is 2.39. The molecule has 0 aromatic heterocycles. The third kappa shape index (κ3) is 6.54. The number of unbranched alkanes of at least 4 members (excludes halogenated alkanes) is 1. The average molecular weight is 323 g/mol. The van der Waals surface area contributed by atoms with Crippen LogP contribution in [0.2, 0.25) is 5.02 Å². The quantitative estimate of drug-likeness (QED) is 0.687. The van der Waals surface area contributed by atoms with Gasteiger partial charge in [0.05, 0.1) is 16.5 Å². The van der Waals surface area contributed by atoms with Gasteiger partial charge in [0.1, 0.15) is 5.82 Å². The third-order valence-corrected chi connectivity index (χ3v) is 4.32. The Labute approximate surface area is 124 Å². The molecular weight excluding hydrogens is 303 g/mol. The highest BCUT2D eigenvalue weighted by molar-refractivity contribution is 7.92. The van der Waals surface area contributed by atoms with Gasteiger partial charge in [0, 0.05) is 0 Å². The van der Waals surface area contributed by atoms with Gasteiger partial charge in [-0.1, -0.05) is 18.5 Å². The molecule has 0 atom stereocenters. The van der Waals surface area contributed by atoms with E-state index in [-0.39, 0.29) is 16.5 Å². The van der Waals surface area contributed by atoms with Gasteiger partial charge in [-0.15, -0.1) is 0 Å². The Morgan fingerprint density at radius 3 is 2.65 bits per heavy atom. The highest BCUT2D eigenvalue weighted by Crippen LogP contribution is 2.19. The van der Waals surface area contributed by atoms with Gasteiger partial charge in [0.25, 0.3) is 0 Å². The van der Waals surface area contributed by atoms with Crippen LogP contribution in [0, 0.1) is 5.82 Å². The van der Waals surface area contributed by atoms with Crippen LogP contribution in [0.5, 0.6) is 0 Å². The van der Waals surface area contributed by atoms with Crippen LogP contribution in [-0.4, -0.2) is 27.3 Å². The van der Waals surface area contributed by atoms with Crippen LogP contribution < -0.4 is 10.0 Å². The van der Waals surface area contributed by atoms with Crippen LogP contribution in [0.25, 0.3) is 0 Å². The van der Waals surface area contributed by atoms with Gasteiger partial charge in [0.2, 0.25) is 10.0 Å². The van der Waals surface area contributed by atoms with E-state index in [2.05, 4.69) is 17.0 Å². The van der Waals surface area contributed by atoms with E-state index < -0.39 is 15.8 Å². The molecule has 114 valence electrons. The van der Waals surface area contributed by atoms with Crippen molar-refractivity contribution in [3.63, 3.8) is 0 Å². The zero-order valence-corrected chi connectivity index (χ0v) is 13.0. The van der Waals surface area contributed by atoms with E-state index >= 15 is 0 Å². The number of benzene rings is 1. The molecule has 4 nitrogen and oxygen atoms in total. The van der Waals surface area contributed by atoms with Crippen LogP contribution in [0.1, 0.15) is 26.2 Å². The van der Waals surface area contributed by atoms with Crippen LogP contribution in [0.3, 0.4) is 0 Å². The second-order valence-electron chi connectivity index (χ2n) is 4.51. The molecule has 0 unspecified atom stereocenters. The number of hydrogen-bond acceptors (Lipinski definition) is 3. The zero-order chi connectivity index (χ0) is 15.0. The monoisotopic (exact) mass is 322 g/mol. The van der Waals surface area contributed by atoms with Crippen molar-refractivity contribution in [2.45, 2.75) is 26.2 Å². The first-order valence-electron chi connectivity index (χ1n) is 6.61. The Kier molecular flexibility index (Phi) is 7.26. The molecule has 0 saturated carbocycles. The molecule has 7 heteroatoms. The molecule has 1 aromatic carbocycles. The van der Waals surface area contributed by atoms with Gasteiger partial charge < -0.3 is 5.32 Å².